The molecule has 2 nitrogen and oxygen atoms in total. The predicted octanol–water partition coefficient (Wildman–Crippen LogP) is 4.78. The van der Waals surface area contributed by atoms with Crippen molar-refractivity contribution in [3.63, 3.8) is 0 Å². The first-order valence-corrected chi connectivity index (χ1v) is 6.76. The summed E-state index contributed by atoms with van der Waals surface area (Å²) in [5.74, 6) is 0.597. The number of benzene rings is 2. The Morgan fingerprint density at radius 3 is 2.58 bits per heavy atom. The highest BCUT2D eigenvalue weighted by Crippen LogP contribution is 2.26. The quantitative estimate of drug-likeness (QED) is 0.841. The third-order valence-corrected chi connectivity index (χ3v) is 3.38. The number of hydrogen-bond donors (Lipinski definition) is 2. The Morgan fingerprint density at radius 2 is 1.89 bits per heavy atom. The van der Waals surface area contributed by atoms with Crippen LogP contribution in [-0.4, -0.2) is 5.11 Å². The van der Waals surface area contributed by atoms with Gasteiger partial charge in [0.15, 0.2) is 0 Å². The maximum Gasteiger partial charge on any atom is 0.134 e. The monoisotopic (exact) mass is 275 g/mol. The van der Waals surface area contributed by atoms with E-state index in [4.69, 9.17) is 11.6 Å². The van der Waals surface area contributed by atoms with Crippen molar-refractivity contribution >= 4 is 17.3 Å². The maximum absolute atomic E-state index is 9.39. The molecule has 0 bridgehead atoms. The van der Waals surface area contributed by atoms with Gasteiger partial charge in [-0.05, 0) is 35.2 Å². The Kier molecular flexibility index (Phi) is 4.33. The van der Waals surface area contributed by atoms with Gasteiger partial charge in [-0.15, -0.1) is 0 Å². The summed E-state index contributed by atoms with van der Waals surface area (Å²) in [5.41, 5.74) is 3.48. The van der Waals surface area contributed by atoms with Crippen molar-refractivity contribution in [3.05, 3.63) is 58.6 Å². The van der Waals surface area contributed by atoms with Crippen LogP contribution < -0.4 is 5.32 Å². The molecule has 2 aromatic rings. The largest absolute Gasteiger partial charge is 0.506 e. The number of para-hydroxylation sites is 1. The number of phenolic OH excluding ortho intramolecular Hbond substituents is 1. The van der Waals surface area contributed by atoms with E-state index in [-0.39, 0.29) is 5.75 Å². The molecule has 0 aromatic heterocycles. The lowest BCUT2D eigenvalue weighted by atomic mass is 10.0. The summed E-state index contributed by atoms with van der Waals surface area (Å²) in [4.78, 5) is 0. The molecule has 0 unspecified atom stereocenters. The Balaban J connectivity index is 2.12. The van der Waals surface area contributed by atoms with Gasteiger partial charge < -0.3 is 10.4 Å². The third-order valence-electron chi connectivity index (χ3n) is 3.08. The number of nitrogens with one attached hydrogen (secondary N) is 1. The molecule has 0 saturated heterocycles. The number of aromatic hydroxyl groups is 1. The number of rotatable bonds is 4. The summed E-state index contributed by atoms with van der Waals surface area (Å²) >= 11 is 5.90. The van der Waals surface area contributed by atoms with Crippen molar-refractivity contribution in [2.24, 2.45) is 0 Å². The summed E-state index contributed by atoms with van der Waals surface area (Å²) in [6.45, 7) is 5.04. The smallest absolute Gasteiger partial charge is 0.134 e. The van der Waals surface area contributed by atoms with E-state index in [1.807, 2.05) is 12.1 Å². The second-order valence-corrected chi connectivity index (χ2v) is 5.29. The van der Waals surface area contributed by atoms with Gasteiger partial charge in [-0.1, -0.05) is 49.7 Å². The third kappa shape index (κ3) is 3.42. The minimum atomic E-state index is 0.119. The zero-order valence-corrected chi connectivity index (χ0v) is 11.9. The van der Waals surface area contributed by atoms with Crippen LogP contribution in [0.5, 0.6) is 5.75 Å². The van der Waals surface area contributed by atoms with Gasteiger partial charge in [0.05, 0.1) is 5.02 Å². The van der Waals surface area contributed by atoms with E-state index in [2.05, 4.69) is 37.4 Å². The Bertz CT molecular complexity index is 566. The van der Waals surface area contributed by atoms with E-state index in [0.717, 1.165) is 11.3 Å². The molecule has 19 heavy (non-hydrogen) atoms. The molecule has 3 heteroatoms. The summed E-state index contributed by atoms with van der Waals surface area (Å²) < 4.78 is 0. The highest BCUT2D eigenvalue weighted by atomic mass is 35.5. The number of phenols is 1. The number of anilines is 1. The fraction of sp³-hybridized carbons (Fsp3) is 0.250. The fourth-order valence-corrected chi connectivity index (χ4v) is 2.22. The van der Waals surface area contributed by atoms with Gasteiger partial charge in [0, 0.05) is 12.2 Å². The minimum Gasteiger partial charge on any atom is -0.506 e. The molecule has 0 heterocycles. The van der Waals surface area contributed by atoms with Crippen LogP contribution in [0, 0.1) is 0 Å². The van der Waals surface area contributed by atoms with E-state index in [1.165, 1.54) is 5.56 Å². The Hall–Kier alpha value is -1.67. The molecule has 0 fully saturated rings. The summed E-state index contributed by atoms with van der Waals surface area (Å²) in [7, 11) is 0. The van der Waals surface area contributed by atoms with Crippen molar-refractivity contribution in [3.8, 4) is 5.75 Å². The average Bonchev–Trinajstić information content (AvgIpc) is 2.40. The van der Waals surface area contributed by atoms with Gasteiger partial charge in [-0.3, -0.25) is 0 Å². The molecule has 0 amide bonds. The van der Waals surface area contributed by atoms with Crippen LogP contribution in [0.4, 0.5) is 5.69 Å². The molecule has 0 radical (unpaired) electrons. The molecule has 0 aliphatic carbocycles. The molecular formula is C16H18ClNO. The molecule has 2 aromatic carbocycles. The van der Waals surface area contributed by atoms with Gasteiger partial charge >= 0.3 is 0 Å². The highest BCUT2D eigenvalue weighted by molar-refractivity contribution is 6.32. The summed E-state index contributed by atoms with van der Waals surface area (Å²) in [6, 6.07) is 13.6. The predicted molar refractivity (Wildman–Crippen MR) is 81.0 cm³/mol. The fourth-order valence-electron chi connectivity index (χ4n) is 2.02. The molecule has 0 aliphatic heterocycles. The maximum atomic E-state index is 9.39. The van der Waals surface area contributed by atoms with Crippen LogP contribution >= 0.6 is 11.6 Å². The first-order chi connectivity index (χ1) is 9.08. The molecule has 2 rings (SSSR count). The molecule has 0 spiro atoms. The summed E-state index contributed by atoms with van der Waals surface area (Å²) in [5, 5.41) is 13.2. The number of hydrogen-bond acceptors (Lipinski definition) is 2. The van der Waals surface area contributed by atoms with Crippen LogP contribution in [0.3, 0.4) is 0 Å². The van der Waals surface area contributed by atoms with E-state index >= 15 is 0 Å². The molecule has 0 saturated carbocycles. The second-order valence-electron chi connectivity index (χ2n) is 4.88. The first kappa shape index (κ1) is 13.8. The van der Waals surface area contributed by atoms with Crippen LogP contribution in [0.15, 0.2) is 42.5 Å². The SMILES string of the molecule is CC(C)c1ccccc1NCc1ccc(O)c(Cl)c1. The van der Waals surface area contributed by atoms with Crippen molar-refractivity contribution in [1.82, 2.24) is 0 Å². The van der Waals surface area contributed by atoms with Gasteiger partial charge in [0.1, 0.15) is 5.75 Å². The second kappa shape index (κ2) is 5.98. The summed E-state index contributed by atoms with van der Waals surface area (Å²) in [6.07, 6.45) is 0. The lowest BCUT2D eigenvalue weighted by Crippen LogP contribution is -2.03. The van der Waals surface area contributed by atoms with Gasteiger partial charge in [-0.25, -0.2) is 0 Å². The van der Waals surface area contributed by atoms with Crippen LogP contribution in [0.25, 0.3) is 0 Å². The standard InChI is InChI=1S/C16H18ClNO/c1-11(2)13-5-3-4-6-15(13)18-10-12-7-8-16(19)14(17)9-12/h3-9,11,18-19H,10H2,1-2H3. The highest BCUT2D eigenvalue weighted by Gasteiger charge is 2.06. The lowest BCUT2D eigenvalue weighted by molar-refractivity contribution is 0.475. The van der Waals surface area contributed by atoms with E-state index in [0.29, 0.717) is 17.5 Å². The lowest BCUT2D eigenvalue weighted by Gasteiger charge is -2.14. The topological polar surface area (TPSA) is 32.3 Å². The Labute approximate surface area is 119 Å². The zero-order chi connectivity index (χ0) is 13.8. The van der Waals surface area contributed by atoms with Crippen LogP contribution in [0.2, 0.25) is 5.02 Å². The molecule has 100 valence electrons. The number of halogens is 1. The van der Waals surface area contributed by atoms with Gasteiger partial charge in [0.25, 0.3) is 0 Å². The molecular weight excluding hydrogens is 258 g/mol. The van der Waals surface area contributed by atoms with E-state index in [1.54, 1.807) is 12.1 Å². The average molecular weight is 276 g/mol. The molecule has 2 N–H and O–H groups in total. The minimum absolute atomic E-state index is 0.119. The normalized spacial score (nSPS) is 10.7. The Morgan fingerprint density at radius 1 is 1.16 bits per heavy atom. The van der Waals surface area contributed by atoms with Crippen molar-refractivity contribution < 1.29 is 5.11 Å². The van der Waals surface area contributed by atoms with E-state index < -0.39 is 0 Å². The van der Waals surface area contributed by atoms with Crippen molar-refractivity contribution in [2.45, 2.75) is 26.3 Å². The first-order valence-electron chi connectivity index (χ1n) is 6.38. The molecule has 0 atom stereocenters. The van der Waals surface area contributed by atoms with Gasteiger partial charge in [-0.2, -0.15) is 0 Å². The van der Waals surface area contributed by atoms with E-state index in [9.17, 15) is 5.11 Å². The van der Waals surface area contributed by atoms with Crippen molar-refractivity contribution in [1.29, 1.82) is 0 Å². The molecule has 0 aliphatic rings. The van der Waals surface area contributed by atoms with Gasteiger partial charge in [0.2, 0.25) is 0 Å². The van der Waals surface area contributed by atoms with Crippen molar-refractivity contribution in [2.75, 3.05) is 5.32 Å². The van der Waals surface area contributed by atoms with Crippen LogP contribution in [0.1, 0.15) is 30.9 Å². The van der Waals surface area contributed by atoms with Crippen LogP contribution in [-0.2, 0) is 6.54 Å². The zero-order valence-electron chi connectivity index (χ0n) is 11.2.